The normalized spacial score (nSPS) is 10.7. The quantitative estimate of drug-likeness (QED) is 0.457. The predicted octanol–water partition coefficient (Wildman–Crippen LogP) is 4.92. The van der Waals surface area contributed by atoms with Gasteiger partial charge in [-0.05, 0) is 36.2 Å². The fraction of sp³-hybridized carbons (Fsp3) is 0.0833. The van der Waals surface area contributed by atoms with Crippen LogP contribution in [-0.4, -0.2) is 16.0 Å². The van der Waals surface area contributed by atoms with E-state index >= 15 is 0 Å². The van der Waals surface area contributed by atoms with Crippen LogP contribution in [0, 0.1) is 6.92 Å². The van der Waals surface area contributed by atoms with Gasteiger partial charge in [0.1, 0.15) is 5.75 Å². The van der Waals surface area contributed by atoms with E-state index in [0.29, 0.717) is 17.6 Å². The molecule has 0 bridgehead atoms. The van der Waals surface area contributed by atoms with Crippen molar-refractivity contribution in [2.24, 2.45) is 0 Å². The number of fused-ring (bicyclic) bond motifs is 1. The number of carbonyl (C=O) groups excluding carboxylic acids is 1. The summed E-state index contributed by atoms with van der Waals surface area (Å²) >= 11 is 0. The van der Waals surface area contributed by atoms with E-state index in [4.69, 9.17) is 0 Å². The minimum absolute atomic E-state index is 0.169. The molecule has 3 N–H and O–H groups in total. The smallest absolute Gasteiger partial charge is 0.253 e. The van der Waals surface area contributed by atoms with Gasteiger partial charge in [-0.25, -0.2) is 0 Å². The third-order valence-corrected chi connectivity index (χ3v) is 4.80. The van der Waals surface area contributed by atoms with Crippen molar-refractivity contribution >= 4 is 28.2 Å². The standard InChI is InChI=1S/C24H21N3O2/c1-16-10-11-18(28)14-22(16)27-21-12-13-25-23-19(21)8-5-9-20(23)24(29)26-15-17-6-3-2-4-7-17/h2-14,28H,15H2,1H3,(H,25,27)(H,26,29). The van der Waals surface area contributed by atoms with Gasteiger partial charge in [-0.1, -0.05) is 48.5 Å². The summed E-state index contributed by atoms with van der Waals surface area (Å²) in [6.45, 7) is 2.42. The SMILES string of the molecule is Cc1ccc(O)cc1Nc1ccnc2c(C(=O)NCc3ccccc3)cccc12. The lowest BCUT2D eigenvalue weighted by atomic mass is 10.1. The van der Waals surface area contributed by atoms with E-state index in [1.165, 1.54) is 0 Å². The molecule has 0 atom stereocenters. The van der Waals surface area contributed by atoms with Crippen LogP contribution in [0.25, 0.3) is 10.9 Å². The number of phenols is 1. The van der Waals surface area contributed by atoms with Crippen molar-refractivity contribution in [1.29, 1.82) is 0 Å². The van der Waals surface area contributed by atoms with Crippen LogP contribution < -0.4 is 10.6 Å². The van der Waals surface area contributed by atoms with Crippen LogP contribution >= 0.6 is 0 Å². The molecular formula is C24H21N3O2. The first kappa shape index (κ1) is 18.5. The van der Waals surface area contributed by atoms with Crippen LogP contribution in [0.3, 0.4) is 0 Å². The number of hydrogen-bond acceptors (Lipinski definition) is 4. The third-order valence-electron chi connectivity index (χ3n) is 4.80. The first-order valence-electron chi connectivity index (χ1n) is 9.38. The first-order valence-corrected chi connectivity index (χ1v) is 9.38. The van der Waals surface area contributed by atoms with Gasteiger partial charge in [-0.3, -0.25) is 9.78 Å². The Bertz CT molecular complexity index is 1170. The fourth-order valence-electron chi connectivity index (χ4n) is 3.23. The van der Waals surface area contributed by atoms with Crippen molar-refractivity contribution in [3.63, 3.8) is 0 Å². The molecule has 0 aliphatic rings. The number of nitrogens with zero attached hydrogens (tertiary/aromatic N) is 1. The van der Waals surface area contributed by atoms with Crippen LogP contribution in [0.2, 0.25) is 0 Å². The number of para-hydroxylation sites is 1. The van der Waals surface area contributed by atoms with Gasteiger partial charge in [-0.2, -0.15) is 0 Å². The molecule has 1 heterocycles. The molecule has 0 spiro atoms. The average molecular weight is 383 g/mol. The van der Waals surface area contributed by atoms with Crippen LogP contribution in [0.5, 0.6) is 5.75 Å². The summed E-state index contributed by atoms with van der Waals surface area (Å²) in [6, 6.07) is 22.4. The maximum Gasteiger partial charge on any atom is 0.253 e. The Labute approximate surface area is 169 Å². The monoisotopic (exact) mass is 383 g/mol. The Morgan fingerprint density at radius 2 is 1.79 bits per heavy atom. The van der Waals surface area contributed by atoms with Crippen LogP contribution in [-0.2, 0) is 6.54 Å². The second-order valence-electron chi connectivity index (χ2n) is 6.85. The van der Waals surface area contributed by atoms with E-state index < -0.39 is 0 Å². The predicted molar refractivity (Wildman–Crippen MR) is 115 cm³/mol. The summed E-state index contributed by atoms with van der Waals surface area (Å²) in [7, 11) is 0. The Hall–Kier alpha value is -3.86. The van der Waals surface area contributed by atoms with Gasteiger partial charge in [0.05, 0.1) is 11.1 Å². The van der Waals surface area contributed by atoms with Gasteiger partial charge in [0, 0.05) is 35.6 Å². The first-order chi connectivity index (χ1) is 14.1. The molecule has 29 heavy (non-hydrogen) atoms. The van der Waals surface area contributed by atoms with Crippen molar-refractivity contribution in [3.8, 4) is 5.75 Å². The zero-order valence-electron chi connectivity index (χ0n) is 16.0. The van der Waals surface area contributed by atoms with Crippen molar-refractivity contribution in [1.82, 2.24) is 10.3 Å². The number of benzene rings is 3. The topological polar surface area (TPSA) is 74.2 Å². The van der Waals surface area contributed by atoms with E-state index in [0.717, 1.165) is 27.9 Å². The Morgan fingerprint density at radius 3 is 2.62 bits per heavy atom. The maximum atomic E-state index is 12.8. The second-order valence-corrected chi connectivity index (χ2v) is 6.85. The van der Waals surface area contributed by atoms with Gasteiger partial charge < -0.3 is 15.7 Å². The average Bonchev–Trinajstić information content (AvgIpc) is 2.75. The number of rotatable bonds is 5. The van der Waals surface area contributed by atoms with Crippen molar-refractivity contribution in [2.75, 3.05) is 5.32 Å². The molecule has 0 unspecified atom stereocenters. The highest BCUT2D eigenvalue weighted by atomic mass is 16.3. The summed E-state index contributed by atoms with van der Waals surface area (Å²) in [5, 5.41) is 16.9. The molecule has 1 aromatic heterocycles. The molecule has 0 aliphatic carbocycles. The van der Waals surface area contributed by atoms with Gasteiger partial charge in [0.2, 0.25) is 0 Å². The van der Waals surface area contributed by atoms with Crippen LogP contribution in [0.4, 0.5) is 11.4 Å². The van der Waals surface area contributed by atoms with Gasteiger partial charge in [0.25, 0.3) is 5.91 Å². The number of phenolic OH excluding ortho intramolecular Hbond substituents is 1. The van der Waals surface area contributed by atoms with Crippen molar-refractivity contribution in [3.05, 3.63) is 95.7 Å². The molecule has 4 rings (SSSR count). The summed E-state index contributed by atoms with van der Waals surface area (Å²) in [5.41, 5.74) is 4.81. The molecule has 5 nitrogen and oxygen atoms in total. The highest BCUT2D eigenvalue weighted by Crippen LogP contribution is 2.30. The van der Waals surface area contributed by atoms with E-state index in [2.05, 4.69) is 15.6 Å². The fourth-order valence-corrected chi connectivity index (χ4v) is 3.23. The third kappa shape index (κ3) is 4.04. The van der Waals surface area contributed by atoms with E-state index in [1.807, 2.05) is 61.5 Å². The van der Waals surface area contributed by atoms with Crippen molar-refractivity contribution < 1.29 is 9.90 Å². The maximum absolute atomic E-state index is 12.8. The summed E-state index contributed by atoms with van der Waals surface area (Å²) in [5.74, 6) is 0.0232. The zero-order chi connectivity index (χ0) is 20.2. The number of hydrogen-bond donors (Lipinski definition) is 3. The summed E-state index contributed by atoms with van der Waals surface area (Å²) in [6.07, 6.45) is 1.68. The molecule has 0 aliphatic heterocycles. The Kier molecular flexibility index (Phi) is 5.12. The molecule has 4 aromatic rings. The molecule has 0 saturated carbocycles. The number of nitrogens with one attached hydrogen (secondary N) is 2. The molecule has 0 saturated heterocycles. The Morgan fingerprint density at radius 1 is 0.966 bits per heavy atom. The molecule has 1 amide bonds. The number of aromatic nitrogens is 1. The molecule has 0 fully saturated rings. The molecule has 144 valence electrons. The largest absolute Gasteiger partial charge is 0.508 e. The van der Waals surface area contributed by atoms with Gasteiger partial charge >= 0.3 is 0 Å². The van der Waals surface area contributed by atoms with E-state index in [-0.39, 0.29) is 11.7 Å². The molecular weight excluding hydrogens is 362 g/mol. The van der Waals surface area contributed by atoms with E-state index in [9.17, 15) is 9.90 Å². The lowest BCUT2D eigenvalue weighted by Crippen LogP contribution is -2.23. The number of pyridine rings is 1. The second kappa shape index (κ2) is 8.02. The molecule has 3 aromatic carbocycles. The highest BCUT2D eigenvalue weighted by molar-refractivity contribution is 6.08. The highest BCUT2D eigenvalue weighted by Gasteiger charge is 2.13. The van der Waals surface area contributed by atoms with Gasteiger partial charge in [-0.15, -0.1) is 0 Å². The summed E-state index contributed by atoms with van der Waals surface area (Å²) < 4.78 is 0. The lowest BCUT2D eigenvalue weighted by molar-refractivity contribution is 0.0952. The van der Waals surface area contributed by atoms with Crippen LogP contribution in [0.15, 0.2) is 79.0 Å². The minimum atomic E-state index is -0.169. The van der Waals surface area contributed by atoms with Crippen LogP contribution in [0.1, 0.15) is 21.5 Å². The minimum Gasteiger partial charge on any atom is -0.508 e. The molecule has 0 radical (unpaired) electrons. The molecule has 5 heteroatoms. The lowest BCUT2D eigenvalue weighted by Gasteiger charge is -2.14. The van der Waals surface area contributed by atoms with E-state index in [1.54, 1.807) is 24.4 Å². The number of amides is 1. The summed E-state index contributed by atoms with van der Waals surface area (Å²) in [4.78, 5) is 17.2. The zero-order valence-corrected chi connectivity index (χ0v) is 16.0. The van der Waals surface area contributed by atoms with Crippen molar-refractivity contribution in [2.45, 2.75) is 13.5 Å². The number of carbonyl (C=O) groups is 1. The number of aromatic hydroxyl groups is 1. The number of aryl methyl sites for hydroxylation is 1. The van der Waals surface area contributed by atoms with Gasteiger partial charge in [0.15, 0.2) is 0 Å². The number of anilines is 2. The Balaban J connectivity index is 1.64.